The van der Waals surface area contributed by atoms with Gasteiger partial charge in [-0.25, -0.2) is 0 Å². The molecule has 1 aliphatic rings. The normalized spacial score (nSPS) is 17.3. The standard InChI is InChI=1S/C12H23N3O2/c1-9(2)7-10(13)12(17)14-8-11(16)15-5-3-4-6-15/h9-10H,3-8,13H2,1-2H3,(H,14,17)/t10-/m1/s1. The third-order valence-electron chi connectivity index (χ3n) is 2.93. The van der Waals surface area contributed by atoms with Crippen molar-refractivity contribution in [1.29, 1.82) is 0 Å². The molecular formula is C12H23N3O2. The van der Waals surface area contributed by atoms with E-state index in [1.165, 1.54) is 0 Å². The van der Waals surface area contributed by atoms with Crippen LogP contribution in [0.1, 0.15) is 33.1 Å². The van der Waals surface area contributed by atoms with Crippen LogP contribution in [-0.4, -0.2) is 42.4 Å². The van der Waals surface area contributed by atoms with Gasteiger partial charge in [0.1, 0.15) is 0 Å². The van der Waals surface area contributed by atoms with Gasteiger partial charge in [-0.05, 0) is 25.2 Å². The summed E-state index contributed by atoms with van der Waals surface area (Å²) >= 11 is 0. The van der Waals surface area contributed by atoms with E-state index in [1.54, 1.807) is 4.90 Å². The number of hydrogen-bond donors (Lipinski definition) is 2. The van der Waals surface area contributed by atoms with Crippen molar-refractivity contribution in [1.82, 2.24) is 10.2 Å². The first-order chi connectivity index (χ1) is 8.00. The van der Waals surface area contributed by atoms with Crippen LogP contribution in [0.5, 0.6) is 0 Å². The van der Waals surface area contributed by atoms with E-state index in [0.29, 0.717) is 12.3 Å². The van der Waals surface area contributed by atoms with Gasteiger partial charge in [0.25, 0.3) is 0 Å². The number of hydrogen-bond acceptors (Lipinski definition) is 3. The Bertz CT molecular complexity index is 273. The maximum Gasteiger partial charge on any atom is 0.241 e. The summed E-state index contributed by atoms with van der Waals surface area (Å²) in [6.07, 6.45) is 2.77. The van der Waals surface area contributed by atoms with Gasteiger partial charge in [-0.2, -0.15) is 0 Å². The average molecular weight is 241 g/mol. The van der Waals surface area contributed by atoms with E-state index in [2.05, 4.69) is 5.32 Å². The van der Waals surface area contributed by atoms with Crippen molar-refractivity contribution in [2.75, 3.05) is 19.6 Å². The van der Waals surface area contributed by atoms with Gasteiger partial charge in [0, 0.05) is 13.1 Å². The Kier molecular flexibility index (Phi) is 5.41. The molecule has 1 aliphatic heterocycles. The molecule has 0 aliphatic carbocycles. The highest BCUT2D eigenvalue weighted by atomic mass is 16.2. The third-order valence-corrected chi connectivity index (χ3v) is 2.93. The monoisotopic (exact) mass is 241 g/mol. The minimum atomic E-state index is -0.513. The molecule has 5 nitrogen and oxygen atoms in total. The minimum Gasteiger partial charge on any atom is -0.346 e. The van der Waals surface area contributed by atoms with Crippen LogP contribution in [-0.2, 0) is 9.59 Å². The van der Waals surface area contributed by atoms with E-state index in [9.17, 15) is 9.59 Å². The fourth-order valence-corrected chi connectivity index (χ4v) is 1.99. The molecular weight excluding hydrogens is 218 g/mol. The number of rotatable bonds is 5. The van der Waals surface area contributed by atoms with Crippen LogP contribution in [0.2, 0.25) is 0 Å². The maximum atomic E-state index is 11.7. The van der Waals surface area contributed by atoms with E-state index < -0.39 is 6.04 Å². The first kappa shape index (κ1) is 14.0. The molecule has 98 valence electrons. The second kappa shape index (κ2) is 6.59. The molecule has 0 spiro atoms. The van der Waals surface area contributed by atoms with Gasteiger partial charge in [-0.1, -0.05) is 13.8 Å². The van der Waals surface area contributed by atoms with Crippen LogP contribution in [0, 0.1) is 5.92 Å². The fraction of sp³-hybridized carbons (Fsp3) is 0.833. The van der Waals surface area contributed by atoms with Gasteiger partial charge in [0.15, 0.2) is 0 Å². The average Bonchev–Trinajstić information content (AvgIpc) is 2.77. The number of nitrogens with one attached hydrogen (secondary N) is 1. The van der Waals surface area contributed by atoms with Crippen molar-refractivity contribution >= 4 is 11.8 Å². The lowest BCUT2D eigenvalue weighted by molar-refractivity contribution is -0.132. The van der Waals surface area contributed by atoms with Crippen molar-refractivity contribution in [3.05, 3.63) is 0 Å². The van der Waals surface area contributed by atoms with Crippen molar-refractivity contribution in [2.45, 2.75) is 39.2 Å². The van der Waals surface area contributed by atoms with E-state index in [-0.39, 0.29) is 18.4 Å². The molecule has 1 rings (SSSR count). The van der Waals surface area contributed by atoms with Crippen molar-refractivity contribution in [3.63, 3.8) is 0 Å². The van der Waals surface area contributed by atoms with E-state index in [4.69, 9.17) is 5.73 Å². The Hall–Kier alpha value is -1.10. The molecule has 1 saturated heterocycles. The van der Waals surface area contributed by atoms with Gasteiger partial charge < -0.3 is 16.0 Å². The lowest BCUT2D eigenvalue weighted by Gasteiger charge is -2.17. The second-order valence-corrected chi connectivity index (χ2v) is 5.04. The van der Waals surface area contributed by atoms with E-state index >= 15 is 0 Å². The number of nitrogens with zero attached hydrogens (tertiary/aromatic N) is 1. The molecule has 1 heterocycles. The predicted octanol–water partition coefficient (Wildman–Crippen LogP) is 0.0984. The number of amides is 2. The molecule has 2 amide bonds. The van der Waals surface area contributed by atoms with Gasteiger partial charge >= 0.3 is 0 Å². The topological polar surface area (TPSA) is 75.4 Å². The number of likely N-dealkylation sites (tertiary alicyclic amines) is 1. The molecule has 1 atom stereocenters. The highest BCUT2D eigenvalue weighted by molar-refractivity contribution is 5.87. The van der Waals surface area contributed by atoms with Gasteiger partial charge in [-0.3, -0.25) is 9.59 Å². The minimum absolute atomic E-state index is 0.00685. The van der Waals surface area contributed by atoms with E-state index in [1.807, 2.05) is 13.8 Å². The Morgan fingerprint density at radius 3 is 2.41 bits per heavy atom. The van der Waals surface area contributed by atoms with Crippen LogP contribution < -0.4 is 11.1 Å². The summed E-state index contributed by atoms with van der Waals surface area (Å²) in [6.45, 7) is 5.73. The smallest absolute Gasteiger partial charge is 0.241 e. The Morgan fingerprint density at radius 1 is 1.29 bits per heavy atom. The zero-order valence-electron chi connectivity index (χ0n) is 10.7. The zero-order chi connectivity index (χ0) is 12.8. The number of carbonyl (C=O) groups excluding carboxylic acids is 2. The molecule has 1 fully saturated rings. The molecule has 0 bridgehead atoms. The largest absolute Gasteiger partial charge is 0.346 e. The molecule has 17 heavy (non-hydrogen) atoms. The Labute approximate surface area is 103 Å². The van der Waals surface area contributed by atoms with Crippen LogP contribution >= 0.6 is 0 Å². The van der Waals surface area contributed by atoms with Crippen molar-refractivity contribution < 1.29 is 9.59 Å². The number of carbonyl (C=O) groups is 2. The number of nitrogens with two attached hydrogens (primary N) is 1. The van der Waals surface area contributed by atoms with Gasteiger partial charge in [0.05, 0.1) is 12.6 Å². The first-order valence-corrected chi connectivity index (χ1v) is 6.31. The lowest BCUT2D eigenvalue weighted by Crippen LogP contribution is -2.45. The summed E-state index contributed by atoms with van der Waals surface area (Å²) in [5, 5.41) is 2.61. The summed E-state index contributed by atoms with van der Waals surface area (Å²) in [4.78, 5) is 25.0. The molecule has 0 radical (unpaired) electrons. The van der Waals surface area contributed by atoms with Crippen LogP contribution in [0.4, 0.5) is 0 Å². The molecule has 3 N–H and O–H groups in total. The molecule has 0 saturated carbocycles. The van der Waals surface area contributed by atoms with Gasteiger partial charge in [0.2, 0.25) is 11.8 Å². The van der Waals surface area contributed by atoms with Crippen molar-refractivity contribution in [2.24, 2.45) is 11.7 Å². The fourth-order valence-electron chi connectivity index (χ4n) is 1.99. The highest BCUT2D eigenvalue weighted by Gasteiger charge is 2.20. The SMILES string of the molecule is CC(C)C[C@@H](N)C(=O)NCC(=O)N1CCCC1. The Balaban J connectivity index is 2.24. The summed E-state index contributed by atoms with van der Waals surface area (Å²) in [6, 6.07) is -0.513. The van der Waals surface area contributed by atoms with Gasteiger partial charge in [-0.15, -0.1) is 0 Å². The van der Waals surface area contributed by atoms with Crippen LogP contribution in [0.15, 0.2) is 0 Å². The second-order valence-electron chi connectivity index (χ2n) is 5.04. The summed E-state index contributed by atoms with van der Waals surface area (Å²) < 4.78 is 0. The Morgan fingerprint density at radius 2 is 1.88 bits per heavy atom. The molecule has 0 aromatic rings. The van der Waals surface area contributed by atoms with Crippen LogP contribution in [0.3, 0.4) is 0 Å². The summed E-state index contributed by atoms with van der Waals surface area (Å²) in [5.41, 5.74) is 5.72. The molecule has 0 aromatic carbocycles. The highest BCUT2D eigenvalue weighted by Crippen LogP contribution is 2.07. The summed E-state index contributed by atoms with van der Waals surface area (Å²) in [5.74, 6) is 0.142. The molecule has 0 aromatic heterocycles. The molecule has 0 unspecified atom stereocenters. The third kappa shape index (κ3) is 4.73. The predicted molar refractivity (Wildman–Crippen MR) is 66.3 cm³/mol. The van der Waals surface area contributed by atoms with E-state index in [0.717, 1.165) is 25.9 Å². The van der Waals surface area contributed by atoms with Crippen molar-refractivity contribution in [3.8, 4) is 0 Å². The first-order valence-electron chi connectivity index (χ1n) is 6.31. The molecule has 5 heteroatoms. The maximum absolute atomic E-state index is 11.7. The quantitative estimate of drug-likeness (QED) is 0.716. The summed E-state index contributed by atoms with van der Waals surface area (Å²) in [7, 11) is 0. The lowest BCUT2D eigenvalue weighted by atomic mass is 10.0. The van der Waals surface area contributed by atoms with Crippen LogP contribution in [0.25, 0.3) is 0 Å². The zero-order valence-corrected chi connectivity index (χ0v) is 10.7.